The van der Waals surface area contributed by atoms with Crippen molar-refractivity contribution in [3.63, 3.8) is 0 Å². The van der Waals surface area contributed by atoms with Crippen LogP contribution in [0.4, 0.5) is 4.39 Å². The minimum atomic E-state index is -0.928. The summed E-state index contributed by atoms with van der Waals surface area (Å²) in [6, 6.07) is 12.4. The Morgan fingerprint density at radius 1 is 1.06 bits per heavy atom. The van der Waals surface area contributed by atoms with Crippen molar-refractivity contribution in [1.82, 2.24) is 14.7 Å². The molecule has 0 aliphatic carbocycles. The lowest BCUT2D eigenvalue weighted by molar-refractivity contribution is -0.137. The van der Waals surface area contributed by atoms with E-state index < -0.39 is 12.1 Å². The van der Waals surface area contributed by atoms with Gasteiger partial charge in [-0.15, -0.1) is 0 Å². The van der Waals surface area contributed by atoms with Gasteiger partial charge in [0, 0.05) is 18.8 Å². The number of halogens is 1. The maximum Gasteiger partial charge on any atom is 0.303 e. The molecule has 0 aliphatic rings. The maximum absolute atomic E-state index is 13.0. The van der Waals surface area contributed by atoms with Gasteiger partial charge in [0.15, 0.2) is 17.7 Å². The number of carbonyl (C=O) groups excluding carboxylic acids is 1. The van der Waals surface area contributed by atoms with E-state index in [0.29, 0.717) is 34.2 Å². The van der Waals surface area contributed by atoms with Crippen LogP contribution in [0.1, 0.15) is 24.7 Å². The van der Waals surface area contributed by atoms with Crippen molar-refractivity contribution in [3.05, 3.63) is 78.1 Å². The fourth-order valence-corrected chi connectivity index (χ4v) is 3.49. The van der Waals surface area contributed by atoms with Gasteiger partial charge in [-0.2, -0.15) is 4.98 Å². The highest BCUT2D eigenvalue weighted by Crippen LogP contribution is 2.26. The zero-order chi connectivity index (χ0) is 25.7. The highest BCUT2D eigenvalue weighted by atomic mass is 19.1. The highest BCUT2D eigenvalue weighted by Gasteiger charge is 2.20. The summed E-state index contributed by atoms with van der Waals surface area (Å²) in [5.74, 6) is 0.787. The monoisotopic (exact) mass is 493 g/mol. The van der Waals surface area contributed by atoms with Gasteiger partial charge >= 0.3 is 5.97 Å². The number of carboxylic acid groups (broad SMARTS) is 1. The van der Waals surface area contributed by atoms with Crippen molar-refractivity contribution in [2.75, 3.05) is 0 Å². The van der Waals surface area contributed by atoms with Gasteiger partial charge in [-0.3, -0.25) is 9.59 Å². The third kappa shape index (κ3) is 6.35. The Morgan fingerprint density at radius 3 is 2.31 bits per heavy atom. The Hall–Kier alpha value is -4.47. The number of Topliss-reactive ketones (excluding diaryl/α,β-unsaturated/α-hetero) is 1. The van der Waals surface area contributed by atoms with Gasteiger partial charge < -0.3 is 23.7 Å². The van der Waals surface area contributed by atoms with Crippen LogP contribution >= 0.6 is 0 Å². The van der Waals surface area contributed by atoms with Crippen molar-refractivity contribution in [3.8, 4) is 28.7 Å². The number of nitrogens with zero attached hydrogens (tertiary/aromatic N) is 3. The van der Waals surface area contributed by atoms with Crippen LogP contribution in [0.15, 0.2) is 65.4 Å². The number of benzene rings is 2. The second-order valence-electron chi connectivity index (χ2n) is 8.16. The first-order valence-electron chi connectivity index (χ1n) is 11.2. The number of hydrogen-bond donors (Lipinski definition) is 1. The van der Waals surface area contributed by atoms with Crippen molar-refractivity contribution in [2.24, 2.45) is 0 Å². The Labute approximate surface area is 206 Å². The minimum absolute atomic E-state index is 0.0140. The molecule has 0 radical (unpaired) electrons. The van der Waals surface area contributed by atoms with Gasteiger partial charge in [0.2, 0.25) is 0 Å². The smallest absolute Gasteiger partial charge is 0.303 e. The number of ether oxygens (including phenoxy) is 2. The van der Waals surface area contributed by atoms with Gasteiger partial charge in [-0.05, 0) is 74.4 Å². The summed E-state index contributed by atoms with van der Waals surface area (Å²) >= 11 is 0. The zero-order valence-corrected chi connectivity index (χ0v) is 19.7. The molecule has 2 aromatic heterocycles. The lowest BCUT2D eigenvalue weighted by Gasteiger charge is -2.14. The van der Waals surface area contributed by atoms with E-state index in [0.717, 1.165) is 0 Å². The molecule has 10 heteroatoms. The topological polar surface area (TPSA) is 117 Å². The summed E-state index contributed by atoms with van der Waals surface area (Å²) < 4.78 is 31.4. The van der Waals surface area contributed by atoms with Crippen LogP contribution < -0.4 is 9.47 Å². The number of aliphatic carboxylic acids is 1. The third-order valence-corrected chi connectivity index (χ3v) is 5.31. The SMILES string of the molecule is Cc1noc(-c2cn(CC(=O)C(C)Oc3ccc(Oc4ccc(F)cc4)cc3)cc2CCC(=O)O)n1. The van der Waals surface area contributed by atoms with E-state index in [2.05, 4.69) is 10.1 Å². The zero-order valence-electron chi connectivity index (χ0n) is 19.7. The second-order valence-corrected chi connectivity index (χ2v) is 8.16. The molecular formula is C26H24FN3O6. The number of rotatable bonds is 11. The summed E-state index contributed by atoms with van der Waals surface area (Å²) in [4.78, 5) is 28.1. The molecule has 1 unspecified atom stereocenters. The summed E-state index contributed by atoms with van der Waals surface area (Å²) in [7, 11) is 0. The van der Waals surface area contributed by atoms with Crippen LogP contribution in [-0.2, 0) is 22.6 Å². The van der Waals surface area contributed by atoms with Gasteiger partial charge in [0.1, 0.15) is 23.1 Å². The number of carboxylic acids is 1. The Kier molecular flexibility index (Phi) is 7.43. The van der Waals surface area contributed by atoms with Crippen LogP contribution in [0.2, 0.25) is 0 Å². The number of hydrogen-bond acceptors (Lipinski definition) is 7. The number of aryl methyl sites for hydroxylation is 2. The molecule has 36 heavy (non-hydrogen) atoms. The van der Waals surface area contributed by atoms with Gasteiger partial charge in [-0.25, -0.2) is 4.39 Å². The van der Waals surface area contributed by atoms with Crippen molar-refractivity contribution < 1.29 is 33.1 Å². The van der Waals surface area contributed by atoms with Crippen LogP contribution in [0.3, 0.4) is 0 Å². The number of aromatic nitrogens is 3. The molecule has 1 N–H and O–H groups in total. The molecule has 2 aromatic carbocycles. The van der Waals surface area contributed by atoms with E-state index in [1.54, 1.807) is 55.1 Å². The average Bonchev–Trinajstić information content (AvgIpc) is 3.46. The number of ketones is 1. The lowest BCUT2D eigenvalue weighted by atomic mass is 10.1. The molecule has 0 saturated heterocycles. The Bertz CT molecular complexity index is 1350. The molecule has 0 fully saturated rings. The first-order valence-corrected chi connectivity index (χ1v) is 11.2. The van der Waals surface area contributed by atoms with E-state index in [-0.39, 0.29) is 36.9 Å². The molecule has 4 aromatic rings. The van der Waals surface area contributed by atoms with Crippen molar-refractivity contribution in [1.29, 1.82) is 0 Å². The normalized spacial score (nSPS) is 11.8. The fraction of sp³-hybridized carbons (Fsp3) is 0.231. The molecule has 186 valence electrons. The summed E-state index contributed by atoms with van der Waals surface area (Å²) in [6.45, 7) is 3.35. The minimum Gasteiger partial charge on any atom is -0.483 e. The van der Waals surface area contributed by atoms with Crippen molar-refractivity contribution >= 4 is 11.8 Å². The van der Waals surface area contributed by atoms with Gasteiger partial charge in [0.25, 0.3) is 5.89 Å². The molecule has 0 amide bonds. The van der Waals surface area contributed by atoms with Crippen LogP contribution in [0.5, 0.6) is 17.2 Å². The first kappa shape index (κ1) is 24.6. The Balaban J connectivity index is 1.39. The molecule has 2 heterocycles. The predicted molar refractivity (Wildman–Crippen MR) is 126 cm³/mol. The quantitative estimate of drug-likeness (QED) is 0.316. The van der Waals surface area contributed by atoms with Crippen LogP contribution in [0.25, 0.3) is 11.5 Å². The van der Waals surface area contributed by atoms with Gasteiger partial charge in [0.05, 0.1) is 12.1 Å². The summed E-state index contributed by atoms with van der Waals surface area (Å²) in [6.07, 6.45) is 2.85. The molecule has 0 aliphatic heterocycles. The first-order chi connectivity index (χ1) is 17.3. The van der Waals surface area contributed by atoms with Crippen molar-refractivity contribution in [2.45, 2.75) is 39.3 Å². The maximum atomic E-state index is 13.0. The highest BCUT2D eigenvalue weighted by molar-refractivity contribution is 5.83. The fourth-order valence-electron chi connectivity index (χ4n) is 3.49. The molecule has 4 rings (SSSR count). The molecule has 0 spiro atoms. The number of carbonyl (C=O) groups is 2. The van der Waals surface area contributed by atoms with Crippen LogP contribution in [-0.4, -0.2) is 37.7 Å². The van der Waals surface area contributed by atoms with Crippen LogP contribution in [0, 0.1) is 12.7 Å². The molecule has 0 bridgehead atoms. The van der Waals surface area contributed by atoms with E-state index >= 15 is 0 Å². The largest absolute Gasteiger partial charge is 0.483 e. The predicted octanol–water partition coefficient (Wildman–Crippen LogP) is 4.83. The van der Waals surface area contributed by atoms with Gasteiger partial charge in [-0.1, -0.05) is 5.16 Å². The van der Waals surface area contributed by atoms with E-state index in [1.165, 1.54) is 24.3 Å². The molecule has 9 nitrogen and oxygen atoms in total. The molecule has 1 atom stereocenters. The summed E-state index contributed by atoms with van der Waals surface area (Å²) in [5, 5.41) is 12.8. The second kappa shape index (κ2) is 10.9. The standard InChI is InChI=1S/C26H24FN3O6/c1-16(34-20-8-10-22(11-9-20)35-21-6-4-19(27)5-7-21)24(31)15-30-13-18(3-12-25(32)33)23(14-30)26-28-17(2)29-36-26/h4-11,13-14,16H,3,12,15H2,1-2H3,(H,32,33). The third-order valence-electron chi connectivity index (χ3n) is 5.31. The lowest BCUT2D eigenvalue weighted by Crippen LogP contribution is -2.27. The van der Waals surface area contributed by atoms with E-state index in [9.17, 15) is 14.0 Å². The van der Waals surface area contributed by atoms with E-state index in [1.807, 2.05) is 0 Å². The average molecular weight is 493 g/mol. The van der Waals surface area contributed by atoms with E-state index in [4.69, 9.17) is 19.1 Å². The summed E-state index contributed by atoms with van der Waals surface area (Å²) in [5.41, 5.74) is 1.29. The molecular weight excluding hydrogens is 469 g/mol. The Morgan fingerprint density at radius 2 is 1.69 bits per heavy atom. The molecule has 0 saturated carbocycles.